The molecule has 0 saturated carbocycles. The Morgan fingerprint density at radius 1 is 1.48 bits per heavy atom. The number of benzene rings is 1. The first-order valence-electron chi connectivity index (χ1n) is 10.3. The number of nitrogens with zero attached hydrogens (tertiary/aromatic N) is 1. The lowest BCUT2D eigenvalue weighted by atomic mass is 9.86. The van der Waals surface area contributed by atoms with Crippen LogP contribution in [0.4, 0.5) is 4.11 Å². The fourth-order valence-electron chi connectivity index (χ4n) is 4.76. The Morgan fingerprint density at radius 3 is 2.83 bits per heavy atom. The number of halogens is 2. The first-order valence-corrected chi connectivity index (χ1v) is 14.3. The molecular weight excluding hydrogens is 504 g/mol. The van der Waals surface area contributed by atoms with Gasteiger partial charge in [-0.1, -0.05) is 6.92 Å². The molecule has 2 aliphatic rings. The van der Waals surface area contributed by atoms with E-state index >= 15 is 4.11 Å². The summed E-state index contributed by atoms with van der Waals surface area (Å²) in [5, 5.41) is 9.57. The van der Waals surface area contributed by atoms with Crippen molar-refractivity contribution in [2.75, 3.05) is 20.3 Å². The summed E-state index contributed by atoms with van der Waals surface area (Å²) in [4.78, 5) is 14.8. The van der Waals surface area contributed by atoms with E-state index in [1.54, 1.807) is 25.1 Å². The van der Waals surface area contributed by atoms with Crippen LogP contribution in [0, 0.1) is 9.49 Å². The van der Waals surface area contributed by atoms with E-state index in [1.165, 1.54) is 0 Å². The first kappa shape index (κ1) is 23.0. The minimum absolute atomic E-state index is 0.0407. The fourth-order valence-corrected chi connectivity index (χ4v) is 7.09. The molecule has 1 saturated heterocycles. The summed E-state index contributed by atoms with van der Waals surface area (Å²) in [6.45, 7) is 5.92. The number of fused-ring (bicyclic) bond motifs is 1. The van der Waals surface area contributed by atoms with Crippen molar-refractivity contribution in [3.05, 3.63) is 27.3 Å². The SMILES string of the molecule is CO[C@H]1c2cc(I)ccc2O[C@@H](C(CC(=O)N2CCC[C@H]2CO)[Si](C)(C)F)[C@@H]1C. The number of carbonyl (C=O) groups is 1. The summed E-state index contributed by atoms with van der Waals surface area (Å²) in [6.07, 6.45) is 1.16. The molecule has 0 bridgehead atoms. The Kier molecular flexibility index (Phi) is 7.28. The van der Waals surface area contributed by atoms with E-state index in [9.17, 15) is 9.90 Å². The number of rotatable bonds is 6. The highest BCUT2D eigenvalue weighted by molar-refractivity contribution is 14.1. The van der Waals surface area contributed by atoms with E-state index in [4.69, 9.17) is 9.47 Å². The molecule has 1 fully saturated rings. The Labute approximate surface area is 187 Å². The van der Waals surface area contributed by atoms with Gasteiger partial charge in [0, 0.05) is 40.7 Å². The zero-order chi connectivity index (χ0) is 21.3. The molecule has 1 unspecified atom stereocenters. The molecule has 1 amide bonds. The van der Waals surface area contributed by atoms with Crippen LogP contribution in [-0.4, -0.2) is 56.7 Å². The summed E-state index contributed by atoms with van der Waals surface area (Å²) >= 11 is 2.26. The standard InChI is InChI=1S/C21H31FINO4Si/c1-13-20(27-2)16-10-14(23)7-8-17(16)28-21(13)18(29(3,4)22)11-19(26)24-9-5-6-15(24)12-25/h7-8,10,13,15,18,20-21,25H,5-6,9,11-12H2,1-4H3/t13-,15+,18?,20-,21-/m1/s1. The molecule has 1 N–H and O–H groups in total. The number of hydrogen-bond donors (Lipinski definition) is 1. The Hall–Kier alpha value is -0.713. The van der Waals surface area contributed by atoms with Crippen molar-refractivity contribution in [2.24, 2.45) is 5.92 Å². The number of aliphatic hydroxyl groups excluding tert-OH is 1. The number of methoxy groups -OCH3 is 1. The van der Waals surface area contributed by atoms with Crippen molar-refractivity contribution < 1.29 is 23.5 Å². The van der Waals surface area contributed by atoms with Crippen LogP contribution < -0.4 is 4.74 Å². The molecule has 162 valence electrons. The summed E-state index contributed by atoms with van der Waals surface area (Å²) < 4.78 is 28.7. The van der Waals surface area contributed by atoms with E-state index in [2.05, 4.69) is 22.6 Å². The van der Waals surface area contributed by atoms with E-state index in [0.717, 1.165) is 22.0 Å². The van der Waals surface area contributed by atoms with E-state index in [1.807, 2.05) is 25.1 Å². The minimum Gasteiger partial charge on any atom is -0.490 e. The molecule has 5 atom stereocenters. The van der Waals surface area contributed by atoms with Crippen molar-refractivity contribution in [1.29, 1.82) is 0 Å². The van der Waals surface area contributed by atoms with Gasteiger partial charge in [-0.25, -0.2) is 0 Å². The second-order valence-electron chi connectivity index (χ2n) is 8.72. The maximum atomic E-state index is 15.5. The van der Waals surface area contributed by atoms with Gasteiger partial charge in [-0.15, -0.1) is 0 Å². The van der Waals surface area contributed by atoms with Gasteiger partial charge >= 0.3 is 0 Å². The molecule has 0 aromatic heterocycles. The molecule has 2 heterocycles. The molecule has 29 heavy (non-hydrogen) atoms. The maximum absolute atomic E-state index is 15.5. The predicted octanol–water partition coefficient (Wildman–Crippen LogP) is 4.29. The Balaban J connectivity index is 1.89. The molecule has 0 radical (unpaired) electrons. The molecule has 1 aromatic rings. The normalized spacial score (nSPS) is 28.0. The van der Waals surface area contributed by atoms with Gasteiger partial charge < -0.3 is 23.6 Å². The minimum atomic E-state index is -3.23. The smallest absolute Gasteiger partial charge is 0.248 e. The molecule has 5 nitrogen and oxygen atoms in total. The number of amides is 1. The predicted molar refractivity (Wildman–Crippen MR) is 121 cm³/mol. The number of hydrogen-bond acceptors (Lipinski definition) is 4. The van der Waals surface area contributed by atoms with Crippen molar-refractivity contribution in [2.45, 2.75) is 63.1 Å². The first-order chi connectivity index (χ1) is 13.7. The third-order valence-corrected chi connectivity index (χ3v) is 9.34. The number of carbonyl (C=O) groups excluding carboxylic acids is 1. The quantitative estimate of drug-likeness (QED) is 0.336. The maximum Gasteiger partial charge on any atom is 0.248 e. The lowest BCUT2D eigenvalue weighted by molar-refractivity contribution is -0.133. The van der Waals surface area contributed by atoms with Gasteiger partial charge in [0.25, 0.3) is 0 Å². The van der Waals surface area contributed by atoms with Crippen LogP contribution in [0.1, 0.15) is 37.9 Å². The van der Waals surface area contributed by atoms with Gasteiger partial charge in [0.05, 0.1) is 18.8 Å². The summed E-state index contributed by atoms with van der Waals surface area (Å²) in [6, 6.07) is 5.78. The highest BCUT2D eigenvalue weighted by Gasteiger charge is 2.49. The third kappa shape index (κ3) is 4.80. The van der Waals surface area contributed by atoms with Gasteiger partial charge in [0.1, 0.15) is 11.9 Å². The summed E-state index contributed by atoms with van der Waals surface area (Å²) in [5.41, 5.74) is 0.487. The average Bonchev–Trinajstić information content (AvgIpc) is 3.14. The molecule has 3 rings (SSSR count). The highest BCUT2D eigenvalue weighted by Crippen LogP contribution is 2.47. The van der Waals surface area contributed by atoms with E-state index in [-0.39, 0.29) is 37.0 Å². The van der Waals surface area contributed by atoms with Gasteiger partial charge in [0.2, 0.25) is 14.3 Å². The van der Waals surface area contributed by atoms with E-state index < -0.39 is 20.1 Å². The lowest BCUT2D eigenvalue weighted by Gasteiger charge is -2.43. The Bertz CT molecular complexity index is 744. The van der Waals surface area contributed by atoms with E-state index in [0.29, 0.717) is 12.3 Å². The second kappa shape index (κ2) is 9.19. The van der Waals surface area contributed by atoms with Crippen LogP contribution in [0.3, 0.4) is 0 Å². The van der Waals surface area contributed by atoms with Crippen LogP contribution >= 0.6 is 22.6 Å². The number of likely N-dealkylation sites (tertiary alicyclic amines) is 1. The molecule has 1 aromatic carbocycles. The monoisotopic (exact) mass is 535 g/mol. The fraction of sp³-hybridized carbons (Fsp3) is 0.667. The van der Waals surface area contributed by atoms with Crippen molar-refractivity contribution in [1.82, 2.24) is 4.90 Å². The van der Waals surface area contributed by atoms with Crippen molar-refractivity contribution >= 4 is 36.9 Å². The molecule has 0 spiro atoms. The molecular formula is C21H31FINO4Si. The van der Waals surface area contributed by atoms with Gasteiger partial charge in [0.15, 0.2) is 0 Å². The van der Waals surface area contributed by atoms with Gasteiger partial charge in [-0.2, -0.15) is 0 Å². The van der Waals surface area contributed by atoms with Crippen LogP contribution in [0.2, 0.25) is 18.6 Å². The zero-order valence-corrected chi connectivity index (χ0v) is 20.7. The largest absolute Gasteiger partial charge is 0.490 e. The second-order valence-corrected chi connectivity index (χ2v) is 13.8. The molecule has 0 aliphatic carbocycles. The average molecular weight is 535 g/mol. The van der Waals surface area contributed by atoms with Crippen LogP contribution in [0.25, 0.3) is 0 Å². The van der Waals surface area contributed by atoms with Crippen molar-refractivity contribution in [3.63, 3.8) is 0 Å². The lowest BCUT2D eigenvalue weighted by Crippen LogP contribution is -2.48. The third-order valence-electron chi connectivity index (χ3n) is 6.37. The van der Waals surface area contributed by atoms with Crippen LogP contribution in [0.15, 0.2) is 18.2 Å². The number of ether oxygens (including phenoxy) is 2. The van der Waals surface area contributed by atoms with Crippen LogP contribution in [0.5, 0.6) is 5.75 Å². The van der Waals surface area contributed by atoms with Gasteiger partial charge in [-0.05, 0) is 66.7 Å². The zero-order valence-electron chi connectivity index (χ0n) is 17.5. The summed E-state index contributed by atoms with van der Waals surface area (Å²) in [5.74, 6) is 0.548. The molecule has 8 heteroatoms. The number of aliphatic hydroxyl groups is 1. The van der Waals surface area contributed by atoms with Crippen molar-refractivity contribution in [3.8, 4) is 5.75 Å². The highest BCUT2D eigenvalue weighted by atomic mass is 127. The molecule has 2 aliphatic heterocycles. The summed E-state index contributed by atoms with van der Waals surface area (Å²) in [7, 11) is -1.56. The Morgan fingerprint density at radius 2 is 2.21 bits per heavy atom. The van der Waals surface area contributed by atoms with Crippen LogP contribution in [-0.2, 0) is 9.53 Å². The van der Waals surface area contributed by atoms with Gasteiger partial charge in [-0.3, -0.25) is 4.79 Å². The topological polar surface area (TPSA) is 59.0 Å².